The van der Waals surface area contributed by atoms with Crippen LogP contribution >= 0.6 is 22.6 Å². The second-order valence-electron chi connectivity index (χ2n) is 10.4. The van der Waals surface area contributed by atoms with Gasteiger partial charge in [-0.3, -0.25) is 0 Å². The Bertz CT molecular complexity index is 1870. The largest absolute Gasteiger partial charge is 0.465 e. The van der Waals surface area contributed by atoms with Crippen molar-refractivity contribution in [3.05, 3.63) is 153 Å². The summed E-state index contributed by atoms with van der Waals surface area (Å²) in [6, 6.07) is 34.4. The van der Waals surface area contributed by atoms with Crippen molar-refractivity contribution in [1.29, 1.82) is 0 Å². The fourth-order valence-electron chi connectivity index (χ4n) is 4.77. The third-order valence-electron chi connectivity index (χ3n) is 7.30. The van der Waals surface area contributed by atoms with Crippen molar-refractivity contribution in [2.24, 2.45) is 0 Å². The highest BCUT2D eigenvalue weighted by molar-refractivity contribution is 14.1. The second kappa shape index (κ2) is 20.6. The van der Waals surface area contributed by atoms with Crippen LogP contribution in [-0.4, -0.2) is 65.4 Å². The van der Waals surface area contributed by atoms with Gasteiger partial charge < -0.3 is 34.3 Å². The van der Waals surface area contributed by atoms with Crippen LogP contribution in [0.25, 0.3) is 0 Å². The number of rotatable bonds is 8. The molecule has 0 heterocycles. The molecule has 12 nitrogen and oxygen atoms in total. The SMILES string of the molecule is COC(=O)c1ccccc1I.COC(=O)c1ccccc1N.COC(=O)c1ccccc1N(c1ccccc1C(=O)OC)c1ccccc1C(=O)OC. The number of benzene rings is 5. The minimum absolute atomic E-state index is 0.254. The van der Waals surface area contributed by atoms with Gasteiger partial charge in [-0.25, -0.2) is 24.0 Å². The molecule has 0 amide bonds. The monoisotopic (exact) mass is 832 g/mol. The van der Waals surface area contributed by atoms with Crippen LogP contribution in [0.4, 0.5) is 22.7 Å². The molecular weight excluding hydrogens is 795 g/mol. The number of ether oxygens (including phenoxy) is 5. The minimum Gasteiger partial charge on any atom is -0.465 e. The summed E-state index contributed by atoms with van der Waals surface area (Å²) in [6.45, 7) is 0. The van der Waals surface area contributed by atoms with Gasteiger partial charge in [0, 0.05) is 9.26 Å². The van der Waals surface area contributed by atoms with E-state index in [9.17, 15) is 24.0 Å². The Morgan fingerprint density at radius 2 is 0.679 bits per heavy atom. The van der Waals surface area contributed by atoms with Gasteiger partial charge in [-0.15, -0.1) is 0 Å². The lowest BCUT2D eigenvalue weighted by Crippen LogP contribution is -2.20. The Kier molecular flexibility index (Phi) is 16.0. The molecule has 5 aromatic carbocycles. The molecule has 0 aliphatic rings. The van der Waals surface area contributed by atoms with Gasteiger partial charge in [-0.2, -0.15) is 0 Å². The zero-order valence-electron chi connectivity index (χ0n) is 29.5. The molecule has 0 radical (unpaired) electrons. The first-order valence-corrected chi connectivity index (χ1v) is 16.7. The molecule has 2 N–H and O–H groups in total. The second-order valence-corrected chi connectivity index (χ2v) is 11.6. The number of hydrogen-bond donors (Lipinski definition) is 1. The van der Waals surface area contributed by atoms with E-state index in [1.807, 2.05) is 18.2 Å². The lowest BCUT2D eigenvalue weighted by atomic mass is 10.0. The van der Waals surface area contributed by atoms with Crippen LogP contribution in [0.3, 0.4) is 0 Å². The maximum Gasteiger partial charge on any atom is 0.339 e. The summed E-state index contributed by atoms with van der Waals surface area (Å²) >= 11 is 2.10. The number of methoxy groups -OCH3 is 5. The van der Waals surface area contributed by atoms with Crippen LogP contribution in [0, 0.1) is 3.57 Å². The van der Waals surface area contributed by atoms with Gasteiger partial charge in [0.2, 0.25) is 0 Å². The molecule has 0 aromatic heterocycles. The predicted molar refractivity (Wildman–Crippen MR) is 208 cm³/mol. The summed E-state index contributed by atoms with van der Waals surface area (Å²) in [5, 5.41) is 0. The van der Waals surface area contributed by atoms with Crippen LogP contribution in [0.1, 0.15) is 51.8 Å². The predicted octanol–water partition coefficient (Wildman–Crippen LogP) is 7.65. The lowest BCUT2D eigenvalue weighted by Gasteiger charge is -2.29. The molecule has 0 saturated heterocycles. The van der Waals surface area contributed by atoms with E-state index in [4.69, 9.17) is 19.9 Å². The van der Waals surface area contributed by atoms with Crippen LogP contribution < -0.4 is 10.6 Å². The van der Waals surface area contributed by atoms with Gasteiger partial charge in [-0.05, 0) is 83.3 Å². The third kappa shape index (κ3) is 10.6. The van der Waals surface area contributed by atoms with Crippen molar-refractivity contribution in [3.63, 3.8) is 0 Å². The summed E-state index contributed by atoms with van der Waals surface area (Å²) in [5.41, 5.74) is 8.99. The number of anilines is 4. The Morgan fingerprint density at radius 3 is 1.02 bits per heavy atom. The normalized spacial score (nSPS) is 9.77. The van der Waals surface area contributed by atoms with Crippen LogP contribution in [0.2, 0.25) is 0 Å². The molecule has 5 aromatic rings. The van der Waals surface area contributed by atoms with Crippen molar-refractivity contribution in [3.8, 4) is 0 Å². The number of hydrogen-bond acceptors (Lipinski definition) is 12. The van der Waals surface area contributed by atoms with Crippen molar-refractivity contribution < 1.29 is 47.7 Å². The molecule has 5 rings (SSSR count). The average Bonchev–Trinajstić information content (AvgIpc) is 3.21. The number of para-hydroxylation sites is 4. The van der Waals surface area contributed by atoms with E-state index >= 15 is 0 Å². The molecule has 53 heavy (non-hydrogen) atoms. The van der Waals surface area contributed by atoms with E-state index in [1.165, 1.54) is 35.5 Å². The molecule has 0 aliphatic carbocycles. The van der Waals surface area contributed by atoms with Crippen molar-refractivity contribution >= 4 is 75.2 Å². The lowest BCUT2D eigenvalue weighted by molar-refractivity contribution is 0.0590. The smallest absolute Gasteiger partial charge is 0.339 e. The number of esters is 5. The Labute approximate surface area is 320 Å². The Hall–Kier alpha value is -6.22. The quantitative estimate of drug-likeness (QED) is 0.0705. The van der Waals surface area contributed by atoms with Crippen molar-refractivity contribution in [2.45, 2.75) is 0 Å². The molecule has 0 unspecified atom stereocenters. The molecule has 0 spiro atoms. The number of halogens is 1. The molecule has 0 fully saturated rings. The number of carbonyl (C=O) groups excluding carboxylic acids is 5. The van der Waals surface area contributed by atoms with E-state index in [0.29, 0.717) is 33.9 Å². The third-order valence-corrected chi connectivity index (χ3v) is 8.24. The summed E-state index contributed by atoms with van der Waals surface area (Å²) in [7, 11) is 6.57. The number of nitrogens with zero attached hydrogens (tertiary/aromatic N) is 1. The number of nitrogen functional groups attached to an aromatic ring is 1. The van der Waals surface area contributed by atoms with Gasteiger partial charge in [-0.1, -0.05) is 60.7 Å². The molecule has 13 heteroatoms. The van der Waals surface area contributed by atoms with E-state index in [0.717, 1.165) is 3.57 Å². The van der Waals surface area contributed by atoms with Crippen molar-refractivity contribution in [2.75, 3.05) is 46.2 Å². The number of carbonyl (C=O) groups is 5. The first-order valence-electron chi connectivity index (χ1n) is 15.6. The van der Waals surface area contributed by atoms with Crippen LogP contribution in [0.5, 0.6) is 0 Å². The summed E-state index contributed by atoms with van der Waals surface area (Å²) in [4.78, 5) is 61.1. The molecule has 274 valence electrons. The Balaban J connectivity index is 0.000000278. The molecular formula is C40H37IN2O10. The molecule has 0 atom stereocenters. The van der Waals surface area contributed by atoms with Gasteiger partial charge in [0.15, 0.2) is 0 Å². The van der Waals surface area contributed by atoms with Crippen molar-refractivity contribution in [1.82, 2.24) is 0 Å². The fraction of sp³-hybridized carbons (Fsp3) is 0.125. The fourth-order valence-corrected chi connectivity index (χ4v) is 5.38. The van der Waals surface area contributed by atoms with E-state index < -0.39 is 23.9 Å². The van der Waals surface area contributed by atoms with E-state index in [1.54, 1.807) is 108 Å². The number of nitrogens with two attached hydrogens (primary N) is 1. The standard InChI is InChI=1S/C24H21NO6.C8H7IO2.C8H9NO2/c1-29-22(26)16-10-4-7-13-19(16)25(20-14-8-5-11-17(20)23(27)30-2)21-15-9-6-12-18(21)24(28)31-3;2*1-11-8(10)6-4-2-3-5-7(6)9/h4-15H,1-3H3;2-5H,1H3;2-5H,9H2,1H3. The van der Waals surface area contributed by atoms with Gasteiger partial charge >= 0.3 is 29.8 Å². The zero-order chi connectivity index (χ0) is 38.9. The molecule has 0 aliphatic heterocycles. The Morgan fingerprint density at radius 1 is 0.415 bits per heavy atom. The maximum absolute atomic E-state index is 12.5. The van der Waals surface area contributed by atoms with Crippen LogP contribution in [-0.2, 0) is 23.7 Å². The van der Waals surface area contributed by atoms with Gasteiger partial charge in [0.25, 0.3) is 0 Å². The summed E-state index contributed by atoms with van der Waals surface area (Å²) in [6.07, 6.45) is 0. The maximum atomic E-state index is 12.5. The highest BCUT2D eigenvalue weighted by Crippen LogP contribution is 2.40. The highest BCUT2D eigenvalue weighted by atomic mass is 127. The average molecular weight is 833 g/mol. The van der Waals surface area contributed by atoms with Gasteiger partial charge in [0.05, 0.1) is 80.4 Å². The summed E-state index contributed by atoms with van der Waals surface area (Å²) < 4.78 is 24.8. The highest BCUT2D eigenvalue weighted by Gasteiger charge is 2.27. The first-order chi connectivity index (χ1) is 25.5. The zero-order valence-corrected chi connectivity index (χ0v) is 31.7. The topological polar surface area (TPSA) is 161 Å². The van der Waals surface area contributed by atoms with Crippen LogP contribution in [0.15, 0.2) is 121 Å². The first kappa shape index (κ1) is 41.2. The van der Waals surface area contributed by atoms with E-state index in [2.05, 4.69) is 32.1 Å². The molecule has 0 saturated carbocycles. The van der Waals surface area contributed by atoms with E-state index in [-0.39, 0.29) is 22.7 Å². The minimum atomic E-state index is -0.563. The summed E-state index contributed by atoms with van der Waals surface area (Å²) in [5.74, 6) is -2.37. The molecule has 0 bridgehead atoms. The van der Waals surface area contributed by atoms with Gasteiger partial charge in [0.1, 0.15) is 0 Å².